The Bertz CT molecular complexity index is 556. The predicted octanol–water partition coefficient (Wildman–Crippen LogP) is 4.57. The van der Waals surface area contributed by atoms with Crippen molar-refractivity contribution in [3.63, 3.8) is 0 Å². The Balaban J connectivity index is 1.79. The van der Waals surface area contributed by atoms with Gasteiger partial charge in [-0.25, -0.2) is 0 Å². The van der Waals surface area contributed by atoms with Gasteiger partial charge in [0.05, 0.1) is 0 Å². The van der Waals surface area contributed by atoms with E-state index in [1.807, 2.05) is 18.5 Å². The standard InChI is InChI=1S/C17H19BrN2/c18-16-7-3-5-14(11-16)13-20-10-2-1-8-17(20)15-6-4-9-19-12-15/h3-7,9,11-12,17H,1-2,8,10,13H2. The average molecular weight is 331 g/mol. The molecule has 1 aromatic heterocycles. The molecule has 1 aromatic carbocycles. The smallest absolute Gasteiger partial charge is 0.0366 e. The number of pyridine rings is 1. The SMILES string of the molecule is Brc1cccc(CN2CCCCC2c2cccnc2)c1. The number of halogens is 1. The number of likely N-dealkylation sites (tertiary alicyclic amines) is 1. The van der Waals surface area contributed by atoms with Crippen molar-refractivity contribution in [2.24, 2.45) is 0 Å². The first-order chi connectivity index (χ1) is 9.83. The molecule has 0 aliphatic carbocycles. The second kappa shape index (κ2) is 6.51. The zero-order valence-corrected chi connectivity index (χ0v) is 13.1. The minimum atomic E-state index is 0.511. The average Bonchev–Trinajstić information content (AvgIpc) is 2.49. The highest BCUT2D eigenvalue weighted by Gasteiger charge is 2.23. The summed E-state index contributed by atoms with van der Waals surface area (Å²) in [5.41, 5.74) is 2.72. The molecule has 2 aromatic rings. The largest absolute Gasteiger partial charge is 0.292 e. The van der Waals surface area contributed by atoms with Gasteiger partial charge < -0.3 is 0 Å². The van der Waals surface area contributed by atoms with Gasteiger partial charge in [-0.3, -0.25) is 9.88 Å². The first-order valence-electron chi connectivity index (χ1n) is 7.21. The van der Waals surface area contributed by atoms with Crippen molar-refractivity contribution in [2.45, 2.75) is 31.8 Å². The summed E-state index contributed by atoms with van der Waals surface area (Å²) < 4.78 is 1.16. The van der Waals surface area contributed by atoms with Crippen molar-refractivity contribution >= 4 is 15.9 Å². The Kier molecular flexibility index (Phi) is 4.48. The Hall–Kier alpha value is -1.19. The van der Waals surface area contributed by atoms with Crippen LogP contribution in [0.15, 0.2) is 53.3 Å². The van der Waals surface area contributed by atoms with Crippen LogP contribution in [0.4, 0.5) is 0 Å². The molecule has 1 saturated heterocycles. The maximum absolute atomic E-state index is 4.28. The lowest BCUT2D eigenvalue weighted by molar-refractivity contribution is 0.140. The maximum atomic E-state index is 4.28. The summed E-state index contributed by atoms with van der Waals surface area (Å²) >= 11 is 3.56. The molecule has 20 heavy (non-hydrogen) atoms. The molecule has 1 atom stereocenters. The monoisotopic (exact) mass is 330 g/mol. The van der Waals surface area contributed by atoms with Crippen LogP contribution in [0, 0.1) is 0 Å². The van der Waals surface area contributed by atoms with Crippen LogP contribution in [0.1, 0.15) is 36.4 Å². The van der Waals surface area contributed by atoms with Crippen LogP contribution >= 0.6 is 15.9 Å². The van der Waals surface area contributed by atoms with Crippen LogP contribution in [0.5, 0.6) is 0 Å². The summed E-state index contributed by atoms with van der Waals surface area (Å²) in [4.78, 5) is 6.87. The zero-order valence-electron chi connectivity index (χ0n) is 11.5. The predicted molar refractivity (Wildman–Crippen MR) is 85.4 cm³/mol. The van der Waals surface area contributed by atoms with E-state index in [0.717, 1.165) is 11.0 Å². The van der Waals surface area contributed by atoms with E-state index in [4.69, 9.17) is 0 Å². The van der Waals surface area contributed by atoms with E-state index in [1.165, 1.54) is 36.9 Å². The highest BCUT2D eigenvalue weighted by Crippen LogP contribution is 2.31. The van der Waals surface area contributed by atoms with Gasteiger partial charge in [0.2, 0.25) is 0 Å². The fourth-order valence-electron chi connectivity index (χ4n) is 3.00. The van der Waals surface area contributed by atoms with Crippen LogP contribution in [0.2, 0.25) is 0 Å². The van der Waals surface area contributed by atoms with Gasteiger partial charge in [0.15, 0.2) is 0 Å². The maximum Gasteiger partial charge on any atom is 0.0366 e. The second-order valence-corrected chi connectivity index (χ2v) is 6.31. The molecule has 0 radical (unpaired) electrons. The Morgan fingerprint density at radius 3 is 2.95 bits per heavy atom. The summed E-state index contributed by atoms with van der Waals surface area (Å²) in [6.45, 7) is 2.19. The molecule has 2 nitrogen and oxygen atoms in total. The van der Waals surface area contributed by atoms with Crippen molar-refractivity contribution in [1.29, 1.82) is 0 Å². The lowest BCUT2D eigenvalue weighted by Gasteiger charge is -2.36. The van der Waals surface area contributed by atoms with E-state index in [2.05, 4.69) is 56.1 Å². The van der Waals surface area contributed by atoms with E-state index in [1.54, 1.807) is 0 Å². The fourth-order valence-corrected chi connectivity index (χ4v) is 3.45. The highest BCUT2D eigenvalue weighted by molar-refractivity contribution is 9.10. The van der Waals surface area contributed by atoms with Crippen LogP contribution in [0.25, 0.3) is 0 Å². The number of aromatic nitrogens is 1. The molecule has 104 valence electrons. The molecule has 2 heterocycles. The van der Waals surface area contributed by atoms with Crippen molar-refractivity contribution in [1.82, 2.24) is 9.88 Å². The zero-order chi connectivity index (χ0) is 13.8. The molecular weight excluding hydrogens is 312 g/mol. The van der Waals surface area contributed by atoms with Crippen molar-refractivity contribution in [3.8, 4) is 0 Å². The van der Waals surface area contributed by atoms with Crippen molar-refractivity contribution in [3.05, 3.63) is 64.4 Å². The molecule has 1 aliphatic rings. The van der Waals surface area contributed by atoms with Gasteiger partial charge in [0, 0.05) is 29.5 Å². The molecule has 3 heteroatoms. The van der Waals surface area contributed by atoms with E-state index in [0.29, 0.717) is 6.04 Å². The number of piperidine rings is 1. The summed E-state index contributed by atoms with van der Waals surface area (Å²) in [6, 6.07) is 13.4. The van der Waals surface area contributed by atoms with Crippen LogP contribution < -0.4 is 0 Å². The normalized spacial score (nSPS) is 19.9. The molecule has 3 rings (SSSR count). The Labute approximate surface area is 129 Å². The van der Waals surface area contributed by atoms with E-state index < -0.39 is 0 Å². The van der Waals surface area contributed by atoms with Gasteiger partial charge in [0.1, 0.15) is 0 Å². The Morgan fingerprint density at radius 2 is 2.15 bits per heavy atom. The van der Waals surface area contributed by atoms with E-state index in [9.17, 15) is 0 Å². The lowest BCUT2D eigenvalue weighted by atomic mass is 9.96. The van der Waals surface area contributed by atoms with Crippen LogP contribution in [-0.4, -0.2) is 16.4 Å². The van der Waals surface area contributed by atoms with E-state index >= 15 is 0 Å². The van der Waals surface area contributed by atoms with Gasteiger partial charge in [-0.1, -0.05) is 40.5 Å². The third-order valence-electron chi connectivity index (χ3n) is 3.96. The summed E-state index contributed by atoms with van der Waals surface area (Å²) in [7, 11) is 0. The minimum absolute atomic E-state index is 0.511. The summed E-state index contributed by atoms with van der Waals surface area (Å²) in [5.74, 6) is 0. The number of hydrogen-bond donors (Lipinski definition) is 0. The Morgan fingerprint density at radius 1 is 1.20 bits per heavy atom. The molecule has 0 bridgehead atoms. The topological polar surface area (TPSA) is 16.1 Å². The molecule has 1 fully saturated rings. The summed E-state index contributed by atoms with van der Waals surface area (Å²) in [6.07, 6.45) is 7.72. The second-order valence-electron chi connectivity index (χ2n) is 5.40. The van der Waals surface area contributed by atoms with E-state index in [-0.39, 0.29) is 0 Å². The third-order valence-corrected chi connectivity index (χ3v) is 4.45. The summed E-state index contributed by atoms with van der Waals surface area (Å²) in [5, 5.41) is 0. The minimum Gasteiger partial charge on any atom is -0.292 e. The molecule has 0 N–H and O–H groups in total. The quantitative estimate of drug-likeness (QED) is 0.819. The van der Waals surface area contributed by atoms with Gasteiger partial charge in [0.25, 0.3) is 0 Å². The fraction of sp³-hybridized carbons (Fsp3) is 0.353. The van der Waals surface area contributed by atoms with Crippen LogP contribution in [-0.2, 0) is 6.54 Å². The molecule has 0 amide bonds. The molecule has 0 saturated carbocycles. The number of hydrogen-bond acceptors (Lipinski definition) is 2. The first kappa shape index (κ1) is 13.8. The van der Waals surface area contributed by atoms with Gasteiger partial charge in [-0.05, 0) is 48.7 Å². The van der Waals surface area contributed by atoms with Crippen molar-refractivity contribution in [2.75, 3.05) is 6.54 Å². The first-order valence-corrected chi connectivity index (χ1v) is 8.00. The van der Waals surface area contributed by atoms with Gasteiger partial charge >= 0.3 is 0 Å². The molecular formula is C17H19BrN2. The van der Waals surface area contributed by atoms with Gasteiger partial charge in [-0.2, -0.15) is 0 Å². The number of rotatable bonds is 3. The van der Waals surface area contributed by atoms with Gasteiger partial charge in [-0.15, -0.1) is 0 Å². The molecule has 0 spiro atoms. The number of benzene rings is 1. The third kappa shape index (κ3) is 3.28. The highest BCUT2D eigenvalue weighted by atomic mass is 79.9. The molecule has 1 unspecified atom stereocenters. The number of nitrogens with zero attached hydrogens (tertiary/aromatic N) is 2. The van der Waals surface area contributed by atoms with Crippen molar-refractivity contribution < 1.29 is 0 Å². The lowest BCUT2D eigenvalue weighted by Crippen LogP contribution is -2.32. The van der Waals surface area contributed by atoms with Crippen LogP contribution in [0.3, 0.4) is 0 Å². The molecule has 1 aliphatic heterocycles.